The zero-order valence-corrected chi connectivity index (χ0v) is 25.3. The smallest absolute Gasteiger partial charge is 0.228 e. The lowest BCUT2D eigenvalue weighted by atomic mass is 9.77. The Kier molecular flexibility index (Phi) is 12.6. The minimum absolute atomic E-state index is 0.0743. The molecule has 2 saturated carbocycles. The number of rotatable bonds is 14. The van der Waals surface area contributed by atoms with E-state index < -0.39 is 39.3 Å². The number of benzene rings is 1. The fraction of sp³-hybridized carbons (Fsp3) is 0.786. The van der Waals surface area contributed by atoms with E-state index in [0.29, 0.717) is 21.6 Å². The third-order valence-corrected chi connectivity index (χ3v) is 11.3. The summed E-state index contributed by atoms with van der Waals surface area (Å²) in [4.78, 5) is 4.49. The summed E-state index contributed by atoms with van der Waals surface area (Å²) < 4.78 is 90.9. The van der Waals surface area contributed by atoms with Gasteiger partial charge >= 0.3 is 16.4 Å². The standard InChI is InChI=1S/C28H40F6O2S3/c1-4-12-19(5-2)23-17-22(20-13-8-6-9-14-20)18-24(21-15-10-7-11-16-21)25(23)37-39-28(33,34)26(29,30)27(31,32)38-36-35-3/h17-21H,4-16H2,1-3H3. The van der Waals surface area contributed by atoms with Crippen LogP contribution in [0.25, 0.3) is 0 Å². The summed E-state index contributed by atoms with van der Waals surface area (Å²) in [6, 6.07) is 4.24. The van der Waals surface area contributed by atoms with Crippen molar-refractivity contribution >= 4 is 33.6 Å². The molecule has 1 aromatic rings. The van der Waals surface area contributed by atoms with Gasteiger partial charge in [0.2, 0.25) is 0 Å². The molecule has 0 aromatic heterocycles. The van der Waals surface area contributed by atoms with Gasteiger partial charge in [0.05, 0.1) is 7.11 Å². The molecule has 0 bridgehead atoms. The van der Waals surface area contributed by atoms with E-state index in [2.05, 4.69) is 28.3 Å². The Morgan fingerprint density at radius 1 is 0.846 bits per heavy atom. The molecule has 2 aliphatic rings. The third kappa shape index (κ3) is 7.99. The molecule has 1 atom stereocenters. The molecule has 0 radical (unpaired) electrons. The highest BCUT2D eigenvalue weighted by atomic mass is 33.1. The molecule has 0 N–H and O–H groups in total. The number of hydrogen-bond acceptors (Lipinski definition) is 5. The van der Waals surface area contributed by atoms with Gasteiger partial charge in [0.1, 0.15) is 12.0 Å². The molecular weight excluding hydrogens is 578 g/mol. The molecule has 0 spiro atoms. The fourth-order valence-electron chi connectivity index (χ4n) is 5.86. The van der Waals surface area contributed by atoms with Crippen LogP contribution in [0.2, 0.25) is 0 Å². The minimum Gasteiger partial charge on any atom is -0.228 e. The molecule has 0 saturated heterocycles. The van der Waals surface area contributed by atoms with Crippen molar-refractivity contribution in [1.82, 2.24) is 0 Å². The lowest BCUT2D eigenvalue weighted by Gasteiger charge is -2.33. The largest absolute Gasteiger partial charge is 0.394 e. The Labute approximate surface area is 241 Å². The second-order valence-electron chi connectivity index (χ2n) is 10.7. The Hall–Kier alpha value is -0.230. The Balaban J connectivity index is 2.05. The van der Waals surface area contributed by atoms with Crippen LogP contribution < -0.4 is 0 Å². The average molecular weight is 619 g/mol. The molecule has 1 unspecified atom stereocenters. The molecule has 39 heavy (non-hydrogen) atoms. The van der Waals surface area contributed by atoms with Gasteiger partial charge in [0.25, 0.3) is 0 Å². The second-order valence-corrected chi connectivity index (χ2v) is 13.8. The van der Waals surface area contributed by atoms with Gasteiger partial charge in [-0.05, 0) is 83.8 Å². The molecule has 2 nitrogen and oxygen atoms in total. The SMILES string of the molecule is CCCC(CC)c1cc(C2CCCCC2)cc(C2CCCCC2)c1SSC(F)(F)C(F)(F)C(F)(F)SOOC. The minimum atomic E-state index is -5.68. The van der Waals surface area contributed by atoms with Crippen LogP contribution in [0.1, 0.15) is 132 Å². The Morgan fingerprint density at radius 2 is 1.44 bits per heavy atom. The maximum absolute atomic E-state index is 14.9. The Morgan fingerprint density at radius 3 is 1.97 bits per heavy atom. The molecule has 0 aliphatic heterocycles. The average Bonchev–Trinajstić information content (AvgIpc) is 2.94. The van der Waals surface area contributed by atoms with Crippen molar-refractivity contribution in [3.05, 3.63) is 28.8 Å². The first-order chi connectivity index (χ1) is 18.5. The predicted octanol–water partition coefficient (Wildman–Crippen LogP) is 11.9. The Bertz CT molecular complexity index is 880. The molecule has 2 aliphatic carbocycles. The van der Waals surface area contributed by atoms with Crippen molar-refractivity contribution in [3.8, 4) is 0 Å². The van der Waals surface area contributed by atoms with Gasteiger partial charge < -0.3 is 0 Å². The van der Waals surface area contributed by atoms with Crippen molar-refractivity contribution in [3.63, 3.8) is 0 Å². The van der Waals surface area contributed by atoms with Gasteiger partial charge in [-0.1, -0.05) is 81.7 Å². The van der Waals surface area contributed by atoms with E-state index in [0.717, 1.165) is 95.3 Å². The lowest BCUT2D eigenvalue weighted by Crippen LogP contribution is -2.50. The number of halogens is 6. The molecule has 1 aromatic carbocycles. The highest BCUT2D eigenvalue weighted by Gasteiger charge is 2.73. The maximum atomic E-state index is 14.9. The summed E-state index contributed by atoms with van der Waals surface area (Å²) in [6.45, 7) is 4.11. The predicted molar refractivity (Wildman–Crippen MR) is 150 cm³/mol. The topological polar surface area (TPSA) is 18.5 Å². The summed E-state index contributed by atoms with van der Waals surface area (Å²) >= 11 is -1.11. The normalized spacial score (nSPS) is 19.4. The fourth-order valence-corrected chi connectivity index (χ4v) is 8.83. The van der Waals surface area contributed by atoms with Crippen molar-refractivity contribution in [2.75, 3.05) is 7.11 Å². The molecule has 0 heterocycles. The molecule has 0 amide bonds. The van der Waals surface area contributed by atoms with Gasteiger partial charge in [0, 0.05) is 4.90 Å². The zero-order chi connectivity index (χ0) is 28.7. The third-order valence-electron chi connectivity index (χ3n) is 8.03. The van der Waals surface area contributed by atoms with Crippen molar-refractivity contribution in [1.29, 1.82) is 0 Å². The van der Waals surface area contributed by atoms with Crippen LogP contribution in [0.3, 0.4) is 0 Å². The second kappa shape index (κ2) is 14.8. The monoisotopic (exact) mass is 618 g/mol. The van der Waals surface area contributed by atoms with E-state index >= 15 is 0 Å². The van der Waals surface area contributed by atoms with Crippen molar-refractivity contribution in [2.24, 2.45) is 0 Å². The molecular formula is C28H40F6O2S3. The van der Waals surface area contributed by atoms with Crippen LogP contribution in [0, 0.1) is 0 Å². The number of alkyl halides is 6. The molecule has 224 valence electrons. The summed E-state index contributed by atoms with van der Waals surface area (Å²) in [6.07, 6.45) is 13.1. The van der Waals surface area contributed by atoms with E-state index in [4.69, 9.17) is 0 Å². The van der Waals surface area contributed by atoms with Gasteiger partial charge in [-0.2, -0.15) is 30.7 Å². The van der Waals surface area contributed by atoms with E-state index in [9.17, 15) is 26.3 Å². The van der Waals surface area contributed by atoms with Crippen LogP contribution in [0.5, 0.6) is 0 Å². The van der Waals surface area contributed by atoms with Crippen LogP contribution >= 0.6 is 33.6 Å². The molecule has 3 rings (SSSR count). The van der Waals surface area contributed by atoms with Gasteiger partial charge in [-0.15, -0.1) is 0 Å². The summed E-state index contributed by atoms with van der Waals surface area (Å²) in [7, 11) is 0.890. The summed E-state index contributed by atoms with van der Waals surface area (Å²) in [5.41, 5.74) is 3.05. The summed E-state index contributed by atoms with van der Waals surface area (Å²) in [5.74, 6) is -5.07. The highest BCUT2D eigenvalue weighted by Crippen LogP contribution is 2.60. The van der Waals surface area contributed by atoms with Crippen LogP contribution in [0.4, 0.5) is 26.3 Å². The van der Waals surface area contributed by atoms with E-state index in [1.807, 2.05) is 6.92 Å². The van der Waals surface area contributed by atoms with Gasteiger partial charge in [-0.3, -0.25) is 0 Å². The van der Waals surface area contributed by atoms with E-state index in [1.54, 1.807) is 0 Å². The molecule has 2 fully saturated rings. The lowest BCUT2D eigenvalue weighted by molar-refractivity contribution is -0.246. The van der Waals surface area contributed by atoms with Crippen LogP contribution in [0.15, 0.2) is 17.0 Å². The van der Waals surface area contributed by atoms with Crippen LogP contribution in [-0.4, -0.2) is 23.5 Å². The highest BCUT2D eigenvalue weighted by molar-refractivity contribution is 8.77. The van der Waals surface area contributed by atoms with Gasteiger partial charge in [0.15, 0.2) is 0 Å². The van der Waals surface area contributed by atoms with Gasteiger partial charge in [-0.25, -0.2) is 4.89 Å². The molecule has 11 heteroatoms. The zero-order valence-electron chi connectivity index (χ0n) is 22.9. The van der Waals surface area contributed by atoms with Crippen LogP contribution in [-0.2, 0) is 9.22 Å². The van der Waals surface area contributed by atoms with E-state index in [-0.39, 0.29) is 11.8 Å². The van der Waals surface area contributed by atoms with E-state index in [1.165, 1.54) is 12.0 Å². The van der Waals surface area contributed by atoms with Crippen molar-refractivity contribution < 1.29 is 35.6 Å². The van der Waals surface area contributed by atoms with Crippen molar-refractivity contribution in [2.45, 2.75) is 136 Å². The quantitative estimate of drug-likeness (QED) is 0.0677. The first-order valence-corrected chi connectivity index (χ1v) is 16.9. The first-order valence-electron chi connectivity index (χ1n) is 14.0. The number of hydrogen-bond donors (Lipinski definition) is 0. The maximum Gasteiger partial charge on any atom is 0.394 e. The first kappa shape index (κ1) is 33.3. The summed E-state index contributed by atoms with van der Waals surface area (Å²) in [5, 5.41) is -10.3.